The summed E-state index contributed by atoms with van der Waals surface area (Å²) in [5.74, 6) is -0.0590. The van der Waals surface area contributed by atoms with Crippen molar-refractivity contribution in [3.8, 4) is 0 Å². The summed E-state index contributed by atoms with van der Waals surface area (Å²) in [6.07, 6.45) is 21.4. The fraction of sp³-hybridized carbons (Fsp3) is 0.268. The van der Waals surface area contributed by atoms with Crippen molar-refractivity contribution >= 4 is 35.7 Å². The molecule has 5 heteroatoms. The second kappa shape index (κ2) is 12.1. The molecular formula is C41H43N5. The molecule has 46 heavy (non-hydrogen) atoms. The van der Waals surface area contributed by atoms with Crippen LogP contribution in [-0.2, 0) is 25.7 Å². The third-order valence-electron chi connectivity index (χ3n) is 9.85. The second-order valence-electron chi connectivity index (χ2n) is 12.4. The Bertz CT molecular complexity index is 2020. The zero-order valence-electron chi connectivity index (χ0n) is 27.8. The molecule has 0 fully saturated rings. The normalized spacial score (nSPS) is 19.5. The number of fused-ring (bicyclic) bond motifs is 8. The minimum atomic E-state index is -0.0590. The molecule has 3 aliphatic heterocycles. The van der Waals surface area contributed by atoms with E-state index in [-0.39, 0.29) is 5.92 Å². The van der Waals surface area contributed by atoms with Crippen LogP contribution in [0.4, 0.5) is 0 Å². The van der Waals surface area contributed by atoms with Gasteiger partial charge in [-0.2, -0.15) is 0 Å². The summed E-state index contributed by atoms with van der Waals surface area (Å²) < 4.78 is 0. The van der Waals surface area contributed by atoms with Gasteiger partial charge in [0.1, 0.15) is 0 Å². The first kappa shape index (κ1) is 29.8. The van der Waals surface area contributed by atoms with Gasteiger partial charge in [-0.05, 0) is 127 Å². The highest BCUT2D eigenvalue weighted by molar-refractivity contribution is 6.22. The van der Waals surface area contributed by atoms with Crippen molar-refractivity contribution in [2.45, 2.75) is 73.1 Å². The Morgan fingerprint density at radius 2 is 0.978 bits per heavy atom. The number of hydrogen-bond donors (Lipinski definition) is 3. The number of nitrogens with one attached hydrogen (secondary N) is 3. The molecule has 6 heterocycles. The standard InChI is InChI=1S/C41H43N5/c1-7-29-24(5)35-20-27-16-18-33(42-27)41(26-14-12-11-13-15-26)34-19-17-28(43-34)21-36-25(6)30(8-2)38(45-36)23-40-32(10-4)31(9-3)39(46-40)22-37(29)44-35/h11-23,41,44-46H,7-10H2,1-6H3/b27-20-,28-21?,39-22-,40-23-. The molecule has 5 nitrogen and oxygen atoms in total. The largest absolute Gasteiger partial charge is 0.355 e. The number of aliphatic imine (C=N–C) groups is 2. The molecule has 0 amide bonds. The molecule has 10 bridgehead atoms. The second-order valence-corrected chi connectivity index (χ2v) is 12.4. The fourth-order valence-corrected chi connectivity index (χ4v) is 7.47. The number of nitrogens with zero attached hydrogens (tertiary/aromatic N) is 2. The van der Waals surface area contributed by atoms with Gasteiger partial charge in [-0.1, -0.05) is 58.0 Å². The minimum Gasteiger partial charge on any atom is -0.355 e. The Balaban J connectivity index is 1.51. The van der Waals surface area contributed by atoms with E-state index >= 15 is 0 Å². The number of H-pyrrole nitrogens is 3. The van der Waals surface area contributed by atoms with Crippen LogP contribution in [0.25, 0.3) is 24.3 Å². The molecule has 7 rings (SSSR count). The number of aromatic nitrogens is 3. The van der Waals surface area contributed by atoms with Gasteiger partial charge in [0.15, 0.2) is 0 Å². The van der Waals surface area contributed by atoms with Crippen LogP contribution in [0.1, 0.15) is 95.3 Å². The molecule has 0 radical (unpaired) electrons. The van der Waals surface area contributed by atoms with Crippen molar-refractivity contribution in [1.82, 2.24) is 15.0 Å². The maximum Gasteiger partial charge on any atom is 0.0686 e. The van der Waals surface area contributed by atoms with Crippen LogP contribution in [0.3, 0.4) is 0 Å². The van der Waals surface area contributed by atoms with Gasteiger partial charge in [-0.15, -0.1) is 0 Å². The molecule has 1 unspecified atom stereocenters. The molecule has 4 aromatic rings. The number of hydrogen-bond acceptors (Lipinski definition) is 2. The van der Waals surface area contributed by atoms with Gasteiger partial charge in [0.2, 0.25) is 0 Å². The number of allylic oxidation sites excluding steroid dienone is 4. The molecular weight excluding hydrogens is 562 g/mol. The summed E-state index contributed by atoms with van der Waals surface area (Å²) in [6.45, 7) is 13.4. The van der Waals surface area contributed by atoms with Crippen molar-refractivity contribution in [2.75, 3.05) is 0 Å². The van der Waals surface area contributed by atoms with Crippen molar-refractivity contribution in [3.05, 3.63) is 138 Å². The van der Waals surface area contributed by atoms with E-state index < -0.39 is 0 Å². The molecule has 3 N–H and O–H groups in total. The highest BCUT2D eigenvalue weighted by Gasteiger charge is 2.26. The van der Waals surface area contributed by atoms with Crippen LogP contribution in [0.5, 0.6) is 0 Å². The Kier molecular flexibility index (Phi) is 7.85. The average molecular weight is 606 g/mol. The van der Waals surface area contributed by atoms with E-state index in [0.717, 1.165) is 71.3 Å². The summed E-state index contributed by atoms with van der Waals surface area (Å²) in [5, 5.41) is 2.37. The maximum atomic E-state index is 5.18. The first-order valence-corrected chi connectivity index (χ1v) is 16.8. The van der Waals surface area contributed by atoms with Crippen LogP contribution in [0.2, 0.25) is 0 Å². The molecule has 232 valence electrons. The first-order chi connectivity index (χ1) is 22.4. The zero-order valence-corrected chi connectivity index (χ0v) is 27.8. The first-order valence-electron chi connectivity index (χ1n) is 16.8. The molecule has 0 spiro atoms. The summed E-state index contributed by atoms with van der Waals surface area (Å²) >= 11 is 0. The molecule has 1 atom stereocenters. The lowest BCUT2D eigenvalue weighted by Crippen LogP contribution is -2.17. The van der Waals surface area contributed by atoms with Gasteiger partial charge in [0.05, 0.1) is 28.7 Å². The van der Waals surface area contributed by atoms with E-state index in [1.54, 1.807) is 0 Å². The third kappa shape index (κ3) is 5.14. The van der Waals surface area contributed by atoms with Gasteiger partial charge in [0.25, 0.3) is 0 Å². The van der Waals surface area contributed by atoms with Crippen molar-refractivity contribution in [3.63, 3.8) is 0 Å². The van der Waals surface area contributed by atoms with E-state index in [1.165, 1.54) is 49.6 Å². The van der Waals surface area contributed by atoms with Crippen molar-refractivity contribution in [1.29, 1.82) is 0 Å². The Morgan fingerprint density at radius 3 is 1.41 bits per heavy atom. The smallest absolute Gasteiger partial charge is 0.0686 e. The van der Waals surface area contributed by atoms with E-state index in [0.29, 0.717) is 0 Å². The molecule has 3 aromatic heterocycles. The van der Waals surface area contributed by atoms with Crippen LogP contribution in [-0.4, -0.2) is 26.4 Å². The summed E-state index contributed by atoms with van der Waals surface area (Å²) in [7, 11) is 0. The highest BCUT2D eigenvalue weighted by Crippen LogP contribution is 2.31. The predicted molar refractivity (Wildman–Crippen MR) is 194 cm³/mol. The van der Waals surface area contributed by atoms with Crippen molar-refractivity contribution in [2.24, 2.45) is 9.98 Å². The predicted octanol–water partition coefficient (Wildman–Crippen LogP) is 7.70. The SMILES string of the molecule is CCc1c2[nH]c(c1C)C=C1C=CC(=N1)C(c1ccccc1)C1=N/C(=C\c3[nH]c(c(CC)c3C)/C=c3\[nH]/c(c(CC)c3CC)=C\2)C=C1. The number of benzene rings is 1. The van der Waals surface area contributed by atoms with Gasteiger partial charge in [0, 0.05) is 33.5 Å². The maximum absolute atomic E-state index is 5.18. The summed E-state index contributed by atoms with van der Waals surface area (Å²) in [6, 6.07) is 10.6. The highest BCUT2D eigenvalue weighted by atomic mass is 14.8. The van der Waals surface area contributed by atoms with Crippen LogP contribution >= 0.6 is 0 Å². The van der Waals surface area contributed by atoms with E-state index in [1.807, 2.05) is 0 Å². The van der Waals surface area contributed by atoms with Crippen LogP contribution in [0, 0.1) is 13.8 Å². The van der Waals surface area contributed by atoms with E-state index in [9.17, 15) is 0 Å². The lowest BCUT2D eigenvalue weighted by molar-refractivity contribution is 1.04. The van der Waals surface area contributed by atoms with E-state index in [4.69, 9.17) is 9.98 Å². The van der Waals surface area contributed by atoms with Crippen molar-refractivity contribution < 1.29 is 0 Å². The Hall–Kier alpha value is -4.90. The van der Waals surface area contributed by atoms with Crippen LogP contribution < -0.4 is 10.7 Å². The molecule has 3 aliphatic rings. The zero-order chi connectivity index (χ0) is 31.9. The summed E-state index contributed by atoms with van der Waals surface area (Å²) in [4.78, 5) is 21.7. The summed E-state index contributed by atoms with van der Waals surface area (Å²) in [5.41, 5.74) is 17.6. The topological polar surface area (TPSA) is 72.1 Å². The molecule has 0 saturated carbocycles. The lowest BCUT2D eigenvalue weighted by Gasteiger charge is -2.15. The Labute approximate surface area is 271 Å². The number of aromatic amines is 3. The van der Waals surface area contributed by atoms with E-state index in [2.05, 4.69) is 135 Å². The fourth-order valence-electron chi connectivity index (χ4n) is 7.47. The van der Waals surface area contributed by atoms with Crippen LogP contribution in [0.15, 0.2) is 76.0 Å². The number of rotatable bonds is 5. The monoisotopic (exact) mass is 605 g/mol. The molecule has 0 saturated heterocycles. The molecule has 0 aliphatic carbocycles. The minimum absolute atomic E-state index is 0.0590. The van der Waals surface area contributed by atoms with Gasteiger partial charge in [-0.3, -0.25) is 9.98 Å². The average Bonchev–Trinajstić information content (AvgIpc) is 3.88. The van der Waals surface area contributed by atoms with Gasteiger partial charge < -0.3 is 15.0 Å². The Morgan fingerprint density at radius 1 is 0.522 bits per heavy atom. The van der Waals surface area contributed by atoms with Gasteiger partial charge >= 0.3 is 0 Å². The third-order valence-corrected chi connectivity index (χ3v) is 9.85. The quantitative estimate of drug-likeness (QED) is 0.209. The molecule has 1 aromatic carbocycles. The lowest BCUT2D eigenvalue weighted by atomic mass is 9.89. The van der Waals surface area contributed by atoms with Gasteiger partial charge in [-0.25, -0.2) is 0 Å².